The molecule has 2 aliphatic rings. The topological polar surface area (TPSA) is 86.8 Å². The van der Waals surface area contributed by atoms with Crippen molar-refractivity contribution in [3.8, 4) is 0 Å². The van der Waals surface area contributed by atoms with Crippen LogP contribution in [0, 0.1) is 0 Å². The molecule has 3 heterocycles. The molecule has 2 amide bonds. The van der Waals surface area contributed by atoms with Crippen LogP contribution in [0.2, 0.25) is 0 Å². The number of anilines is 1. The third-order valence-corrected chi connectivity index (χ3v) is 8.50. The van der Waals surface area contributed by atoms with Gasteiger partial charge in [-0.15, -0.1) is 11.3 Å². The Kier molecular flexibility index (Phi) is 6.21. The third kappa shape index (κ3) is 4.28. The fraction of sp³-hybridized carbons (Fsp3) is 0.429. The quantitative estimate of drug-likeness (QED) is 0.738. The molecule has 7 nitrogen and oxygen atoms in total. The molecule has 30 heavy (non-hydrogen) atoms. The molecule has 1 aromatic carbocycles. The first-order chi connectivity index (χ1) is 14.5. The van der Waals surface area contributed by atoms with Crippen molar-refractivity contribution in [2.24, 2.45) is 0 Å². The molecule has 0 atom stereocenters. The summed E-state index contributed by atoms with van der Waals surface area (Å²) in [6, 6.07) is 9.04. The van der Waals surface area contributed by atoms with E-state index in [1.54, 1.807) is 10.3 Å². The molecular formula is C21H25N3O4S2. The van der Waals surface area contributed by atoms with Crippen LogP contribution >= 0.6 is 11.3 Å². The van der Waals surface area contributed by atoms with Crippen LogP contribution in [0.25, 0.3) is 0 Å². The van der Waals surface area contributed by atoms with Gasteiger partial charge in [0.15, 0.2) is 0 Å². The Hall–Kier alpha value is -2.23. The van der Waals surface area contributed by atoms with Gasteiger partial charge in [-0.1, -0.05) is 18.6 Å². The van der Waals surface area contributed by atoms with Crippen molar-refractivity contribution in [1.29, 1.82) is 0 Å². The van der Waals surface area contributed by atoms with Crippen molar-refractivity contribution in [1.82, 2.24) is 9.62 Å². The van der Waals surface area contributed by atoms with Gasteiger partial charge in [0.2, 0.25) is 15.9 Å². The number of piperidine rings is 1. The Morgan fingerprint density at radius 3 is 2.60 bits per heavy atom. The Morgan fingerprint density at radius 2 is 1.87 bits per heavy atom. The maximum Gasteiger partial charge on any atom is 0.263 e. The lowest BCUT2D eigenvalue weighted by Gasteiger charge is -2.25. The van der Waals surface area contributed by atoms with Crippen LogP contribution in [0.1, 0.15) is 47.3 Å². The maximum absolute atomic E-state index is 13.0. The fourth-order valence-electron chi connectivity index (χ4n) is 3.93. The average Bonchev–Trinajstić information content (AvgIpc) is 3.42. The summed E-state index contributed by atoms with van der Waals surface area (Å²) >= 11 is 1.14. The van der Waals surface area contributed by atoms with Crippen molar-refractivity contribution in [2.45, 2.75) is 43.5 Å². The highest BCUT2D eigenvalue weighted by molar-refractivity contribution is 7.89. The number of thiophene rings is 1. The SMILES string of the molecule is O=C(NCc1cccc(N2CCCC2=O)c1)c1sccc1S(=O)(=O)N1CCCCC1. The van der Waals surface area contributed by atoms with E-state index < -0.39 is 15.9 Å². The molecule has 1 N–H and O–H groups in total. The molecule has 1 aromatic heterocycles. The molecule has 2 aromatic rings. The first kappa shape index (κ1) is 21.0. The minimum atomic E-state index is -3.66. The molecule has 0 bridgehead atoms. The summed E-state index contributed by atoms with van der Waals surface area (Å²) in [7, 11) is -3.66. The Balaban J connectivity index is 1.46. The molecule has 160 valence electrons. The number of hydrogen-bond acceptors (Lipinski definition) is 5. The van der Waals surface area contributed by atoms with Crippen LogP contribution in [-0.4, -0.2) is 44.2 Å². The molecule has 2 aliphatic heterocycles. The molecular weight excluding hydrogens is 422 g/mol. The van der Waals surface area contributed by atoms with Gasteiger partial charge >= 0.3 is 0 Å². The molecule has 0 aliphatic carbocycles. The number of carbonyl (C=O) groups is 2. The monoisotopic (exact) mass is 447 g/mol. The van der Waals surface area contributed by atoms with Gasteiger partial charge in [0.05, 0.1) is 0 Å². The highest BCUT2D eigenvalue weighted by Gasteiger charge is 2.31. The van der Waals surface area contributed by atoms with E-state index in [9.17, 15) is 18.0 Å². The smallest absolute Gasteiger partial charge is 0.263 e. The highest BCUT2D eigenvalue weighted by atomic mass is 32.2. The van der Waals surface area contributed by atoms with Gasteiger partial charge in [-0.25, -0.2) is 8.42 Å². The van der Waals surface area contributed by atoms with Crippen molar-refractivity contribution in [3.63, 3.8) is 0 Å². The second-order valence-electron chi connectivity index (χ2n) is 7.58. The second kappa shape index (κ2) is 8.87. The van der Waals surface area contributed by atoms with E-state index in [0.29, 0.717) is 26.1 Å². The third-order valence-electron chi connectivity index (χ3n) is 5.52. The van der Waals surface area contributed by atoms with Crippen LogP contribution in [0.15, 0.2) is 40.6 Å². The lowest BCUT2D eigenvalue weighted by atomic mass is 10.2. The molecule has 0 spiro atoms. The van der Waals surface area contributed by atoms with Crippen molar-refractivity contribution >= 4 is 38.9 Å². The predicted octanol–water partition coefficient (Wildman–Crippen LogP) is 2.98. The number of carbonyl (C=O) groups excluding carboxylic acids is 2. The van der Waals surface area contributed by atoms with E-state index in [1.165, 1.54) is 10.4 Å². The molecule has 4 rings (SSSR count). The van der Waals surface area contributed by atoms with E-state index in [-0.39, 0.29) is 22.2 Å². The zero-order valence-corrected chi connectivity index (χ0v) is 18.3. The first-order valence-electron chi connectivity index (χ1n) is 10.2. The summed E-state index contributed by atoms with van der Waals surface area (Å²) in [5.74, 6) is -0.287. The molecule has 0 saturated carbocycles. The van der Waals surface area contributed by atoms with Crippen LogP contribution in [0.5, 0.6) is 0 Å². The fourth-order valence-corrected chi connectivity index (χ4v) is 6.76. The van der Waals surface area contributed by atoms with Gasteiger partial charge in [-0.2, -0.15) is 4.31 Å². The standard InChI is InChI=1S/C21H25N3O4S2/c25-19-8-5-12-24(19)17-7-4-6-16(14-17)15-22-21(26)20-18(9-13-29-20)30(27,28)23-10-2-1-3-11-23/h4,6-7,9,13-14H,1-3,5,8,10-12,15H2,(H,22,26). The molecule has 2 saturated heterocycles. The van der Waals surface area contributed by atoms with Gasteiger partial charge in [0.1, 0.15) is 9.77 Å². The van der Waals surface area contributed by atoms with Crippen molar-refractivity contribution in [2.75, 3.05) is 24.5 Å². The summed E-state index contributed by atoms with van der Waals surface area (Å²) < 4.78 is 27.4. The first-order valence-corrected chi connectivity index (χ1v) is 12.5. The van der Waals surface area contributed by atoms with Gasteiger partial charge in [0.25, 0.3) is 5.91 Å². The number of benzene rings is 1. The number of nitrogens with zero attached hydrogens (tertiary/aromatic N) is 2. The van der Waals surface area contributed by atoms with Crippen LogP contribution < -0.4 is 10.2 Å². The summed E-state index contributed by atoms with van der Waals surface area (Å²) in [6.07, 6.45) is 4.15. The van der Waals surface area contributed by atoms with E-state index in [0.717, 1.165) is 48.3 Å². The Labute approximate surface area is 180 Å². The summed E-state index contributed by atoms with van der Waals surface area (Å²) in [6.45, 7) is 1.97. The van der Waals surface area contributed by atoms with Crippen LogP contribution in [0.4, 0.5) is 5.69 Å². The maximum atomic E-state index is 13.0. The van der Waals surface area contributed by atoms with E-state index in [4.69, 9.17) is 0 Å². The summed E-state index contributed by atoms with van der Waals surface area (Å²) in [4.78, 5) is 26.8. The normalized spacial score (nSPS) is 18.0. The van der Waals surface area contributed by atoms with Crippen molar-refractivity contribution < 1.29 is 18.0 Å². The van der Waals surface area contributed by atoms with Crippen LogP contribution in [-0.2, 0) is 21.4 Å². The number of rotatable bonds is 6. The Morgan fingerprint density at radius 1 is 1.07 bits per heavy atom. The summed E-state index contributed by atoms with van der Waals surface area (Å²) in [5, 5.41) is 4.48. The molecule has 0 unspecified atom stereocenters. The minimum Gasteiger partial charge on any atom is -0.347 e. The van der Waals surface area contributed by atoms with Crippen LogP contribution in [0.3, 0.4) is 0 Å². The summed E-state index contributed by atoms with van der Waals surface area (Å²) in [5.41, 5.74) is 1.69. The highest BCUT2D eigenvalue weighted by Crippen LogP contribution is 2.27. The minimum absolute atomic E-state index is 0.0864. The van der Waals surface area contributed by atoms with Gasteiger partial charge in [-0.3, -0.25) is 9.59 Å². The number of amides is 2. The zero-order valence-electron chi connectivity index (χ0n) is 16.7. The Bertz CT molecular complexity index is 1040. The van der Waals surface area contributed by atoms with Gasteiger partial charge in [0, 0.05) is 38.3 Å². The van der Waals surface area contributed by atoms with E-state index >= 15 is 0 Å². The van der Waals surface area contributed by atoms with Gasteiger partial charge in [-0.05, 0) is 48.4 Å². The number of nitrogens with one attached hydrogen (secondary N) is 1. The molecule has 9 heteroatoms. The molecule has 0 radical (unpaired) electrons. The van der Waals surface area contributed by atoms with Crippen molar-refractivity contribution in [3.05, 3.63) is 46.2 Å². The molecule has 2 fully saturated rings. The average molecular weight is 448 g/mol. The van der Waals surface area contributed by atoms with E-state index in [2.05, 4.69) is 5.32 Å². The largest absolute Gasteiger partial charge is 0.347 e. The zero-order chi connectivity index (χ0) is 21.1. The number of hydrogen-bond donors (Lipinski definition) is 1. The van der Waals surface area contributed by atoms with Gasteiger partial charge < -0.3 is 10.2 Å². The van der Waals surface area contributed by atoms with E-state index in [1.807, 2.05) is 24.3 Å². The lowest BCUT2D eigenvalue weighted by Crippen LogP contribution is -2.36. The second-order valence-corrected chi connectivity index (χ2v) is 10.4. The lowest BCUT2D eigenvalue weighted by molar-refractivity contribution is -0.117. The number of sulfonamides is 1. The predicted molar refractivity (Wildman–Crippen MR) is 116 cm³/mol.